The smallest absolute Gasteiger partial charge is 0.305 e. The van der Waals surface area contributed by atoms with E-state index in [-0.39, 0.29) is 5.97 Å². The lowest BCUT2D eigenvalue weighted by atomic mass is 10.2. The van der Waals surface area contributed by atoms with Gasteiger partial charge in [-0.25, -0.2) is 0 Å². The van der Waals surface area contributed by atoms with Gasteiger partial charge in [0.2, 0.25) is 0 Å². The highest BCUT2D eigenvalue weighted by molar-refractivity contribution is 5.69. The number of unbranched alkanes of at least 4 members (excludes halogenated alkanes) is 1. The number of methoxy groups -OCH3 is 1. The first-order valence-electron chi connectivity index (χ1n) is 8.09. The van der Waals surface area contributed by atoms with Crippen LogP contribution in [0.15, 0.2) is 60.8 Å². The minimum Gasteiger partial charge on any atom is -0.469 e. The van der Waals surface area contributed by atoms with Gasteiger partial charge in [0.25, 0.3) is 0 Å². The number of ether oxygens (including phenoxy) is 1. The Hall–Kier alpha value is -1.83. The molecule has 0 atom stereocenters. The fourth-order valence-electron chi connectivity index (χ4n) is 1.71. The number of carbonyl (C=O) groups excluding carboxylic acids is 1. The maximum Gasteiger partial charge on any atom is 0.305 e. The Morgan fingerprint density at radius 3 is 1.68 bits per heavy atom. The van der Waals surface area contributed by atoms with E-state index in [4.69, 9.17) is 0 Å². The summed E-state index contributed by atoms with van der Waals surface area (Å²) in [5, 5.41) is 0. The Morgan fingerprint density at radius 1 is 0.773 bits per heavy atom. The zero-order valence-corrected chi connectivity index (χ0v) is 14.0. The molecule has 0 saturated carbocycles. The highest BCUT2D eigenvalue weighted by Gasteiger charge is 1.96. The first-order valence-corrected chi connectivity index (χ1v) is 8.09. The molecule has 0 aliphatic heterocycles. The molecule has 2 nitrogen and oxygen atoms in total. The van der Waals surface area contributed by atoms with Gasteiger partial charge in [0.1, 0.15) is 0 Å². The van der Waals surface area contributed by atoms with Crippen LogP contribution in [-0.2, 0) is 9.53 Å². The van der Waals surface area contributed by atoms with E-state index in [0.29, 0.717) is 6.42 Å². The van der Waals surface area contributed by atoms with Gasteiger partial charge in [-0.1, -0.05) is 60.8 Å². The van der Waals surface area contributed by atoms with Crippen molar-refractivity contribution in [3.8, 4) is 0 Å². The summed E-state index contributed by atoms with van der Waals surface area (Å²) in [5.74, 6) is -0.128. The van der Waals surface area contributed by atoms with Crippen molar-refractivity contribution in [2.75, 3.05) is 7.11 Å². The minimum absolute atomic E-state index is 0.128. The van der Waals surface area contributed by atoms with Crippen LogP contribution in [0, 0.1) is 0 Å². The maximum atomic E-state index is 10.9. The number of rotatable bonds is 12. The molecular formula is C20H30O2. The molecule has 0 aliphatic carbocycles. The Labute approximate surface area is 136 Å². The molecule has 0 aliphatic rings. The summed E-state index contributed by atoms with van der Waals surface area (Å²) in [6, 6.07) is 0. The van der Waals surface area contributed by atoms with Gasteiger partial charge < -0.3 is 4.74 Å². The number of carbonyl (C=O) groups is 1. The summed E-state index contributed by atoms with van der Waals surface area (Å²) in [7, 11) is 1.43. The Balaban J connectivity index is 3.46. The summed E-state index contributed by atoms with van der Waals surface area (Å²) >= 11 is 0. The topological polar surface area (TPSA) is 26.3 Å². The van der Waals surface area contributed by atoms with E-state index in [9.17, 15) is 4.79 Å². The third-order valence-electron chi connectivity index (χ3n) is 2.97. The minimum atomic E-state index is -0.128. The SMILES string of the molecule is CC=CCC=CCC=CCC=CCC=CCCCC(=O)OC. The number of hydrogen-bond acceptors (Lipinski definition) is 2. The van der Waals surface area contributed by atoms with Crippen molar-refractivity contribution in [3.05, 3.63) is 60.8 Å². The van der Waals surface area contributed by atoms with Crippen molar-refractivity contribution >= 4 is 5.97 Å². The quantitative estimate of drug-likeness (QED) is 0.263. The predicted molar refractivity (Wildman–Crippen MR) is 95.7 cm³/mol. The molecule has 122 valence electrons. The summed E-state index contributed by atoms with van der Waals surface area (Å²) in [4.78, 5) is 10.9. The summed E-state index contributed by atoms with van der Waals surface area (Å²) in [6.07, 6.45) is 27.9. The molecular weight excluding hydrogens is 272 g/mol. The second kappa shape index (κ2) is 17.2. The first-order chi connectivity index (χ1) is 10.8. The van der Waals surface area contributed by atoms with Gasteiger partial charge in [-0.15, -0.1) is 0 Å². The van der Waals surface area contributed by atoms with Crippen LogP contribution in [0.2, 0.25) is 0 Å². The van der Waals surface area contributed by atoms with Crippen molar-refractivity contribution < 1.29 is 9.53 Å². The van der Waals surface area contributed by atoms with Gasteiger partial charge in [0.05, 0.1) is 7.11 Å². The number of hydrogen-bond donors (Lipinski definition) is 0. The van der Waals surface area contributed by atoms with Crippen molar-refractivity contribution in [2.24, 2.45) is 0 Å². The van der Waals surface area contributed by atoms with Crippen LogP contribution in [0.3, 0.4) is 0 Å². The summed E-state index contributed by atoms with van der Waals surface area (Å²) in [6.45, 7) is 2.04. The van der Waals surface area contributed by atoms with E-state index in [1.165, 1.54) is 7.11 Å². The highest BCUT2D eigenvalue weighted by Crippen LogP contribution is 2.00. The summed E-state index contributed by atoms with van der Waals surface area (Å²) in [5.41, 5.74) is 0. The van der Waals surface area contributed by atoms with E-state index in [1.54, 1.807) is 0 Å². The Bertz CT molecular complexity index is 398. The molecule has 2 heteroatoms. The number of esters is 1. The van der Waals surface area contributed by atoms with Crippen LogP contribution in [0.4, 0.5) is 0 Å². The second-order valence-corrected chi connectivity index (χ2v) is 4.87. The van der Waals surface area contributed by atoms with Crippen molar-refractivity contribution in [1.29, 1.82) is 0 Å². The standard InChI is InChI=1S/C20H30O2/c1-3-4-5-6-7-8-9-10-11-12-13-14-15-16-17-18-19-20(21)22-2/h3-4,6-7,9-10,12-13,15-16H,5,8,11,14,17-19H2,1-2H3. The van der Waals surface area contributed by atoms with Gasteiger partial charge in [-0.2, -0.15) is 0 Å². The van der Waals surface area contributed by atoms with Crippen LogP contribution in [0.25, 0.3) is 0 Å². The normalized spacial score (nSPS) is 12.6. The average molecular weight is 302 g/mol. The van der Waals surface area contributed by atoms with Gasteiger partial charge >= 0.3 is 5.97 Å². The maximum absolute atomic E-state index is 10.9. The van der Waals surface area contributed by atoms with Gasteiger partial charge in [0.15, 0.2) is 0 Å². The molecule has 0 fully saturated rings. The lowest BCUT2D eigenvalue weighted by Gasteiger charge is -1.95. The number of allylic oxidation sites excluding steroid dienone is 10. The molecule has 0 aromatic carbocycles. The fourth-order valence-corrected chi connectivity index (χ4v) is 1.71. The molecule has 0 amide bonds. The van der Waals surface area contributed by atoms with Crippen LogP contribution in [-0.4, -0.2) is 13.1 Å². The average Bonchev–Trinajstić information content (AvgIpc) is 2.54. The Kier molecular flexibility index (Phi) is 15.8. The van der Waals surface area contributed by atoms with E-state index in [1.807, 2.05) is 6.92 Å². The van der Waals surface area contributed by atoms with Crippen molar-refractivity contribution in [1.82, 2.24) is 0 Å². The van der Waals surface area contributed by atoms with E-state index in [0.717, 1.165) is 38.5 Å². The van der Waals surface area contributed by atoms with Crippen LogP contribution < -0.4 is 0 Å². The lowest BCUT2D eigenvalue weighted by Crippen LogP contribution is -1.98. The molecule has 0 N–H and O–H groups in total. The highest BCUT2D eigenvalue weighted by atomic mass is 16.5. The largest absolute Gasteiger partial charge is 0.469 e. The molecule has 22 heavy (non-hydrogen) atoms. The summed E-state index contributed by atoms with van der Waals surface area (Å²) < 4.78 is 4.59. The zero-order valence-electron chi connectivity index (χ0n) is 14.0. The first kappa shape index (κ1) is 20.2. The lowest BCUT2D eigenvalue weighted by molar-refractivity contribution is -0.140. The van der Waals surface area contributed by atoms with Crippen LogP contribution in [0.1, 0.15) is 51.9 Å². The van der Waals surface area contributed by atoms with Crippen LogP contribution in [0.5, 0.6) is 0 Å². The third kappa shape index (κ3) is 16.2. The predicted octanol–water partition coefficient (Wildman–Crippen LogP) is 5.69. The van der Waals surface area contributed by atoms with Crippen LogP contribution >= 0.6 is 0 Å². The molecule has 0 heterocycles. The van der Waals surface area contributed by atoms with E-state index >= 15 is 0 Å². The molecule has 0 spiro atoms. The zero-order chi connectivity index (χ0) is 16.3. The third-order valence-corrected chi connectivity index (χ3v) is 2.97. The van der Waals surface area contributed by atoms with Crippen molar-refractivity contribution in [2.45, 2.75) is 51.9 Å². The van der Waals surface area contributed by atoms with Gasteiger partial charge in [0, 0.05) is 6.42 Å². The van der Waals surface area contributed by atoms with Gasteiger partial charge in [-0.05, 0) is 45.4 Å². The molecule has 0 saturated heterocycles. The van der Waals surface area contributed by atoms with Gasteiger partial charge in [-0.3, -0.25) is 4.79 Å². The van der Waals surface area contributed by atoms with E-state index in [2.05, 4.69) is 65.5 Å². The van der Waals surface area contributed by atoms with Crippen molar-refractivity contribution in [3.63, 3.8) is 0 Å². The molecule has 0 radical (unpaired) electrons. The monoisotopic (exact) mass is 302 g/mol. The fraction of sp³-hybridized carbons (Fsp3) is 0.450. The molecule has 0 unspecified atom stereocenters. The molecule has 0 aromatic rings. The molecule has 0 bridgehead atoms. The molecule has 0 aromatic heterocycles. The second-order valence-electron chi connectivity index (χ2n) is 4.87. The molecule has 0 rings (SSSR count). The van der Waals surface area contributed by atoms with E-state index < -0.39 is 0 Å². The Morgan fingerprint density at radius 2 is 1.23 bits per heavy atom.